The summed E-state index contributed by atoms with van der Waals surface area (Å²) in [5, 5.41) is 0. The number of benzene rings is 1. The van der Waals surface area contributed by atoms with Crippen LogP contribution >= 0.6 is 15.9 Å². The summed E-state index contributed by atoms with van der Waals surface area (Å²) >= 11 is 3.41. The van der Waals surface area contributed by atoms with Crippen molar-refractivity contribution in [1.29, 1.82) is 0 Å². The third kappa shape index (κ3) is 2.57. The maximum Gasteiger partial charge on any atom is 0.165 e. The van der Waals surface area contributed by atoms with Crippen LogP contribution in [0.25, 0.3) is 11.2 Å². The molecular weight excluding hydrogens is 322 g/mol. The van der Waals surface area contributed by atoms with Gasteiger partial charge in [-0.25, -0.2) is 15.0 Å². The zero-order valence-electron chi connectivity index (χ0n) is 10.5. The van der Waals surface area contributed by atoms with Gasteiger partial charge in [0.2, 0.25) is 0 Å². The predicted octanol–water partition coefficient (Wildman–Crippen LogP) is 2.25. The second-order valence-electron chi connectivity index (χ2n) is 4.17. The topological polar surface area (TPSA) is 78.9 Å². The number of ether oxygens (including phenoxy) is 1. The summed E-state index contributed by atoms with van der Waals surface area (Å²) in [6.45, 7) is 1.16. The molecule has 0 fully saturated rings. The molecule has 3 rings (SSSR count). The summed E-state index contributed by atoms with van der Waals surface area (Å²) in [5.41, 5.74) is 7.08. The maximum absolute atomic E-state index is 5.74. The van der Waals surface area contributed by atoms with E-state index in [0.29, 0.717) is 24.5 Å². The third-order valence-corrected chi connectivity index (χ3v) is 3.32. The molecule has 0 aliphatic rings. The van der Waals surface area contributed by atoms with Gasteiger partial charge < -0.3 is 15.0 Å². The smallest absolute Gasteiger partial charge is 0.165 e. The lowest BCUT2D eigenvalue weighted by molar-refractivity contribution is 0.299. The molecule has 7 heteroatoms. The molecule has 2 aromatic heterocycles. The molecule has 0 aliphatic carbocycles. The highest BCUT2D eigenvalue weighted by atomic mass is 79.9. The SMILES string of the molecule is Nc1ncnc2c1ncn2CCOc1cccc(Br)c1. The Morgan fingerprint density at radius 2 is 2.15 bits per heavy atom. The molecule has 0 atom stereocenters. The van der Waals surface area contributed by atoms with E-state index in [0.717, 1.165) is 15.9 Å². The highest BCUT2D eigenvalue weighted by molar-refractivity contribution is 9.10. The Labute approximate surface area is 123 Å². The number of nitrogens with zero attached hydrogens (tertiary/aromatic N) is 4. The number of fused-ring (bicyclic) bond motifs is 1. The Kier molecular flexibility index (Phi) is 3.51. The quantitative estimate of drug-likeness (QED) is 0.792. The number of halogens is 1. The van der Waals surface area contributed by atoms with Gasteiger partial charge in [-0.05, 0) is 18.2 Å². The molecule has 0 spiro atoms. The second kappa shape index (κ2) is 5.46. The van der Waals surface area contributed by atoms with Gasteiger partial charge in [-0.3, -0.25) is 0 Å². The number of hydrogen-bond donors (Lipinski definition) is 1. The molecule has 0 saturated heterocycles. The number of imidazole rings is 1. The van der Waals surface area contributed by atoms with E-state index in [1.807, 2.05) is 28.8 Å². The first-order valence-corrected chi connectivity index (χ1v) is 6.83. The maximum atomic E-state index is 5.74. The fourth-order valence-corrected chi connectivity index (χ4v) is 2.26. The lowest BCUT2D eigenvalue weighted by atomic mass is 10.3. The molecule has 2 heterocycles. The van der Waals surface area contributed by atoms with Crippen LogP contribution in [0.5, 0.6) is 5.75 Å². The van der Waals surface area contributed by atoms with Gasteiger partial charge in [-0.15, -0.1) is 0 Å². The average molecular weight is 334 g/mol. The van der Waals surface area contributed by atoms with Gasteiger partial charge in [-0.2, -0.15) is 0 Å². The van der Waals surface area contributed by atoms with Crippen LogP contribution in [0.1, 0.15) is 0 Å². The van der Waals surface area contributed by atoms with Crippen LogP contribution in [0.4, 0.5) is 5.82 Å². The molecule has 20 heavy (non-hydrogen) atoms. The normalized spacial score (nSPS) is 10.8. The van der Waals surface area contributed by atoms with Gasteiger partial charge in [0.1, 0.15) is 24.2 Å². The van der Waals surface area contributed by atoms with Crippen LogP contribution < -0.4 is 10.5 Å². The van der Waals surface area contributed by atoms with Crippen molar-refractivity contribution in [2.45, 2.75) is 6.54 Å². The van der Waals surface area contributed by atoms with Crippen molar-refractivity contribution in [3.05, 3.63) is 41.4 Å². The minimum atomic E-state index is 0.390. The Bertz CT molecular complexity index is 742. The van der Waals surface area contributed by atoms with E-state index < -0.39 is 0 Å². The van der Waals surface area contributed by atoms with Crippen LogP contribution in [0.15, 0.2) is 41.4 Å². The summed E-state index contributed by atoms with van der Waals surface area (Å²) in [6.07, 6.45) is 3.13. The van der Waals surface area contributed by atoms with Gasteiger partial charge in [-0.1, -0.05) is 22.0 Å². The van der Waals surface area contributed by atoms with Crippen molar-refractivity contribution in [2.24, 2.45) is 0 Å². The van der Waals surface area contributed by atoms with E-state index in [1.165, 1.54) is 6.33 Å². The molecule has 0 aliphatic heterocycles. The first kappa shape index (κ1) is 12.9. The molecule has 0 amide bonds. The van der Waals surface area contributed by atoms with E-state index >= 15 is 0 Å². The van der Waals surface area contributed by atoms with Crippen molar-refractivity contribution in [3.63, 3.8) is 0 Å². The fraction of sp³-hybridized carbons (Fsp3) is 0.154. The molecule has 6 nitrogen and oxygen atoms in total. The number of rotatable bonds is 4. The molecule has 0 radical (unpaired) electrons. The van der Waals surface area contributed by atoms with Crippen LogP contribution in [0.2, 0.25) is 0 Å². The zero-order valence-corrected chi connectivity index (χ0v) is 12.1. The summed E-state index contributed by atoms with van der Waals surface area (Å²) in [4.78, 5) is 12.3. The fourth-order valence-electron chi connectivity index (χ4n) is 1.88. The molecule has 0 saturated carbocycles. The summed E-state index contributed by atoms with van der Waals surface area (Å²) in [5.74, 6) is 1.21. The van der Waals surface area contributed by atoms with Gasteiger partial charge in [0.15, 0.2) is 11.5 Å². The average Bonchev–Trinajstić information content (AvgIpc) is 2.84. The number of nitrogens with two attached hydrogens (primary N) is 1. The van der Waals surface area contributed by atoms with Crippen molar-refractivity contribution in [2.75, 3.05) is 12.3 Å². The third-order valence-electron chi connectivity index (χ3n) is 2.83. The first-order chi connectivity index (χ1) is 9.74. The van der Waals surface area contributed by atoms with Crippen LogP contribution in [0.3, 0.4) is 0 Å². The predicted molar refractivity (Wildman–Crippen MR) is 79.4 cm³/mol. The highest BCUT2D eigenvalue weighted by Crippen LogP contribution is 2.18. The first-order valence-electron chi connectivity index (χ1n) is 6.04. The van der Waals surface area contributed by atoms with Crippen LogP contribution in [-0.4, -0.2) is 26.1 Å². The molecule has 102 valence electrons. The van der Waals surface area contributed by atoms with E-state index in [2.05, 4.69) is 30.9 Å². The van der Waals surface area contributed by atoms with E-state index in [1.54, 1.807) is 6.33 Å². The van der Waals surface area contributed by atoms with Gasteiger partial charge in [0, 0.05) is 4.47 Å². The lowest BCUT2D eigenvalue weighted by Gasteiger charge is -2.07. The number of anilines is 1. The van der Waals surface area contributed by atoms with Crippen molar-refractivity contribution in [1.82, 2.24) is 19.5 Å². The van der Waals surface area contributed by atoms with E-state index in [4.69, 9.17) is 10.5 Å². The Hall–Kier alpha value is -2.15. The van der Waals surface area contributed by atoms with Crippen molar-refractivity contribution in [3.8, 4) is 5.75 Å². The Balaban J connectivity index is 1.70. The summed E-state index contributed by atoms with van der Waals surface area (Å²) in [7, 11) is 0. The van der Waals surface area contributed by atoms with Crippen LogP contribution in [0, 0.1) is 0 Å². The molecule has 1 aromatic carbocycles. The summed E-state index contributed by atoms with van der Waals surface area (Å²) in [6, 6.07) is 7.72. The second-order valence-corrected chi connectivity index (χ2v) is 5.09. The zero-order chi connectivity index (χ0) is 13.9. The molecular formula is C13H12BrN5O. The number of nitrogen functional groups attached to an aromatic ring is 1. The van der Waals surface area contributed by atoms with Crippen LogP contribution in [-0.2, 0) is 6.54 Å². The Morgan fingerprint density at radius 3 is 3.00 bits per heavy atom. The number of aromatic nitrogens is 4. The monoisotopic (exact) mass is 333 g/mol. The van der Waals surface area contributed by atoms with Crippen molar-refractivity contribution >= 4 is 32.9 Å². The van der Waals surface area contributed by atoms with E-state index in [9.17, 15) is 0 Å². The van der Waals surface area contributed by atoms with E-state index in [-0.39, 0.29) is 0 Å². The standard InChI is InChI=1S/C13H12BrN5O/c14-9-2-1-3-10(6-9)20-5-4-19-8-18-11-12(15)16-7-17-13(11)19/h1-3,6-8H,4-5H2,(H2,15,16,17). The molecule has 2 N–H and O–H groups in total. The molecule has 0 unspecified atom stereocenters. The minimum absolute atomic E-state index is 0.390. The van der Waals surface area contributed by atoms with Crippen molar-refractivity contribution < 1.29 is 4.74 Å². The van der Waals surface area contributed by atoms with Gasteiger partial charge >= 0.3 is 0 Å². The lowest BCUT2D eigenvalue weighted by Crippen LogP contribution is -2.08. The molecule has 0 bridgehead atoms. The summed E-state index contributed by atoms with van der Waals surface area (Å²) < 4.78 is 8.57. The minimum Gasteiger partial charge on any atom is -0.492 e. The van der Waals surface area contributed by atoms with Gasteiger partial charge in [0.25, 0.3) is 0 Å². The Morgan fingerprint density at radius 1 is 1.25 bits per heavy atom. The van der Waals surface area contributed by atoms with Gasteiger partial charge in [0.05, 0.1) is 12.9 Å². The largest absolute Gasteiger partial charge is 0.492 e. The number of hydrogen-bond acceptors (Lipinski definition) is 5. The highest BCUT2D eigenvalue weighted by Gasteiger charge is 2.07. The molecule has 3 aromatic rings.